The van der Waals surface area contributed by atoms with Crippen LogP contribution in [-0.4, -0.2) is 276 Å². The van der Waals surface area contributed by atoms with E-state index in [1.165, 1.54) is 0 Å². The molecule has 3 amide bonds. The van der Waals surface area contributed by atoms with E-state index in [1.54, 1.807) is 0 Å². The zero-order chi connectivity index (χ0) is 48.2. The van der Waals surface area contributed by atoms with E-state index in [4.69, 9.17) is 42.6 Å². The van der Waals surface area contributed by atoms with Gasteiger partial charge in [-0.05, 0) is 0 Å². The first-order valence-electron chi connectivity index (χ1n) is 20.6. The molecule has 0 bridgehead atoms. The number of aliphatic hydroxyl groups excluding tert-OH is 14. The summed E-state index contributed by atoms with van der Waals surface area (Å²) in [6.45, 7) is -1.58. The summed E-state index contributed by atoms with van der Waals surface area (Å²) in [6, 6.07) is -4.82. The topological polar surface area (TPSA) is 454 Å². The van der Waals surface area contributed by atoms with E-state index < -0.39 is 204 Å². The molecule has 5 aliphatic heterocycles. The normalized spacial score (nSPS) is 47.1. The van der Waals surface area contributed by atoms with Gasteiger partial charge in [-0.3, -0.25) is 14.4 Å². The predicted molar refractivity (Wildman–Crippen MR) is 201 cm³/mol. The highest BCUT2D eigenvalue weighted by molar-refractivity contribution is 5.74. The molecule has 17 N–H and O–H groups in total. The molecule has 5 fully saturated rings. The first-order chi connectivity index (χ1) is 30.7. The van der Waals surface area contributed by atoms with E-state index in [1.807, 2.05) is 0 Å². The van der Waals surface area contributed by atoms with Gasteiger partial charge in [0.05, 0.1) is 33.0 Å². The van der Waals surface area contributed by atoms with Crippen molar-refractivity contribution in [1.29, 1.82) is 0 Å². The van der Waals surface area contributed by atoms with Crippen LogP contribution in [0.2, 0.25) is 0 Å². The summed E-state index contributed by atoms with van der Waals surface area (Å²) in [5.74, 6) is -2.26. The number of carbonyl (C=O) groups is 3. The van der Waals surface area contributed by atoms with E-state index in [-0.39, 0.29) is 0 Å². The Balaban J connectivity index is 1.47. The van der Waals surface area contributed by atoms with Gasteiger partial charge in [0.1, 0.15) is 122 Å². The molecule has 29 heteroatoms. The average molecular weight is 952 g/mol. The third-order valence-corrected chi connectivity index (χ3v) is 11.5. The monoisotopic (exact) mass is 951 g/mol. The number of rotatable bonds is 16. The maximum Gasteiger partial charge on any atom is 0.217 e. The molecule has 5 aliphatic rings. The maximum absolute atomic E-state index is 12.5. The van der Waals surface area contributed by atoms with Crippen LogP contribution < -0.4 is 16.0 Å². The molecular weight excluding hydrogens is 890 g/mol. The second kappa shape index (κ2) is 23.2. The Morgan fingerprint density at radius 3 is 1.22 bits per heavy atom. The lowest BCUT2D eigenvalue weighted by Gasteiger charge is -2.51. The number of hydrogen-bond donors (Lipinski definition) is 17. The predicted octanol–water partition coefficient (Wildman–Crippen LogP) is -11.5. The van der Waals surface area contributed by atoms with Crippen molar-refractivity contribution in [3.63, 3.8) is 0 Å². The van der Waals surface area contributed by atoms with Crippen molar-refractivity contribution < 1.29 is 129 Å². The summed E-state index contributed by atoms with van der Waals surface area (Å²) >= 11 is 0. The average Bonchev–Trinajstić information content (AvgIpc) is 3.26. The van der Waals surface area contributed by atoms with Gasteiger partial charge in [-0.15, -0.1) is 0 Å². The Labute approximate surface area is 369 Å². The minimum Gasteiger partial charge on any atom is -0.394 e. The number of amides is 3. The molecule has 0 aromatic heterocycles. The van der Waals surface area contributed by atoms with Gasteiger partial charge >= 0.3 is 0 Å². The van der Waals surface area contributed by atoms with Gasteiger partial charge in [-0.25, -0.2) is 0 Å². The van der Waals surface area contributed by atoms with Gasteiger partial charge in [0.2, 0.25) is 17.7 Å². The van der Waals surface area contributed by atoms with Crippen molar-refractivity contribution in [1.82, 2.24) is 16.0 Å². The molecule has 5 saturated heterocycles. The molecule has 0 spiro atoms. The van der Waals surface area contributed by atoms with Crippen molar-refractivity contribution in [2.45, 2.75) is 174 Å². The van der Waals surface area contributed by atoms with Gasteiger partial charge < -0.3 is 130 Å². The summed E-state index contributed by atoms with van der Waals surface area (Å²) in [5.41, 5.74) is 0. The van der Waals surface area contributed by atoms with Gasteiger partial charge in [0.15, 0.2) is 31.5 Å². The van der Waals surface area contributed by atoms with Crippen LogP contribution >= 0.6 is 0 Å². The molecule has 29 nitrogen and oxygen atoms in total. The molecule has 0 unspecified atom stereocenters. The summed E-state index contributed by atoms with van der Waals surface area (Å²) in [5, 5.41) is 157. The van der Waals surface area contributed by atoms with Crippen LogP contribution in [-0.2, 0) is 57.0 Å². The maximum atomic E-state index is 12.5. The fraction of sp³-hybridized carbons (Fsp3) is 0.917. The van der Waals surface area contributed by atoms with Crippen LogP contribution in [0.15, 0.2) is 0 Å². The second-order valence-corrected chi connectivity index (χ2v) is 16.2. The first kappa shape index (κ1) is 53.4. The van der Waals surface area contributed by atoms with E-state index >= 15 is 0 Å². The number of aliphatic hydroxyl groups is 14. The first-order valence-corrected chi connectivity index (χ1v) is 20.6. The van der Waals surface area contributed by atoms with Crippen LogP contribution in [0, 0.1) is 0 Å². The van der Waals surface area contributed by atoms with Crippen LogP contribution in [0.5, 0.6) is 0 Å². The fourth-order valence-electron chi connectivity index (χ4n) is 8.24. The minimum absolute atomic E-state index is 0.696. The Kier molecular flexibility index (Phi) is 19.1. The third kappa shape index (κ3) is 11.9. The summed E-state index contributed by atoms with van der Waals surface area (Å²) < 4.78 is 52.2. The van der Waals surface area contributed by atoms with Gasteiger partial charge in [0.25, 0.3) is 0 Å². The smallest absolute Gasteiger partial charge is 0.217 e. The van der Waals surface area contributed by atoms with Crippen LogP contribution in [0.1, 0.15) is 20.8 Å². The Morgan fingerprint density at radius 1 is 0.369 bits per heavy atom. The lowest BCUT2D eigenvalue weighted by molar-refractivity contribution is -0.394. The molecule has 0 aromatic carbocycles. The Morgan fingerprint density at radius 2 is 0.708 bits per heavy atom. The molecule has 65 heavy (non-hydrogen) atoms. The van der Waals surface area contributed by atoms with E-state index in [9.17, 15) is 85.9 Å². The van der Waals surface area contributed by atoms with E-state index in [0.29, 0.717) is 0 Å². The zero-order valence-corrected chi connectivity index (χ0v) is 35.1. The van der Waals surface area contributed by atoms with Gasteiger partial charge in [0, 0.05) is 20.8 Å². The van der Waals surface area contributed by atoms with Crippen molar-refractivity contribution in [2.75, 3.05) is 33.0 Å². The molecule has 0 radical (unpaired) electrons. The van der Waals surface area contributed by atoms with Crippen LogP contribution in [0.25, 0.3) is 0 Å². The molecule has 5 rings (SSSR count). The van der Waals surface area contributed by atoms with Crippen molar-refractivity contribution >= 4 is 17.7 Å². The highest BCUT2D eigenvalue weighted by atomic mass is 16.8. The Hall–Kier alpha value is -2.51. The highest BCUT2D eigenvalue weighted by Gasteiger charge is 2.58. The van der Waals surface area contributed by atoms with Crippen molar-refractivity contribution in [2.24, 2.45) is 0 Å². The molecule has 0 aliphatic carbocycles. The lowest BCUT2D eigenvalue weighted by Crippen LogP contribution is -2.71. The second-order valence-electron chi connectivity index (χ2n) is 16.2. The molecule has 5 heterocycles. The number of ether oxygens (including phenoxy) is 9. The molecular formula is C36H61N3O26. The largest absolute Gasteiger partial charge is 0.394 e. The minimum atomic E-state index is -2.24. The quantitative estimate of drug-likeness (QED) is 0.0683. The van der Waals surface area contributed by atoms with Crippen LogP contribution in [0.4, 0.5) is 0 Å². The van der Waals surface area contributed by atoms with E-state index in [0.717, 1.165) is 20.8 Å². The van der Waals surface area contributed by atoms with Crippen molar-refractivity contribution in [3.05, 3.63) is 0 Å². The SMILES string of the molecule is CC(=O)N[C@@H]1[C@@H](O)[C@H](O[C@@H]2O[C@H](CO)[C@@H](O[C@@H]3O[C@H](CO)[C@@H](O[C@@H]4O[C@H](CO)[C@@H](O)[C@H](O)[C@H]4NC(C)=O)[C@H](O[C@H]4O[C@H](CO)[C@@H](O)[C@H](O)[C@@H]4O)[C@@H]3O)[C@H](O)[C@H]2NC(C)=O)[C@@H](CO)O[C@H]1O. The molecule has 25 atom stereocenters. The summed E-state index contributed by atoms with van der Waals surface area (Å²) in [7, 11) is 0. The number of carbonyl (C=O) groups excluding carboxylic acids is 3. The Bertz CT molecular complexity index is 1560. The number of nitrogens with one attached hydrogen (secondary N) is 3. The summed E-state index contributed by atoms with van der Waals surface area (Å²) in [6.07, 6.45) is -40.7. The molecule has 0 saturated carbocycles. The van der Waals surface area contributed by atoms with Crippen molar-refractivity contribution in [3.8, 4) is 0 Å². The van der Waals surface area contributed by atoms with E-state index in [2.05, 4.69) is 16.0 Å². The zero-order valence-electron chi connectivity index (χ0n) is 35.1. The number of hydrogen-bond acceptors (Lipinski definition) is 26. The van der Waals surface area contributed by atoms with Crippen LogP contribution in [0.3, 0.4) is 0 Å². The molecule has 0 aromatic rings. The van der Waals surface area contributed by atoms with Gasteiger partial charge in [-0.1, -0.05) is 0 Å². The summed E-state index contributed by atoms with van der Waals surface area (Å²) in [4.78, 5) is 36.5. The van der Waals surface area contributed by atoms with Gasteiger partial charge in [-0.2, -0.15) is 0 Å². The third-order valence-electron chi connectivity index (χ3n) is 11.5. The standard InChI is InChI=1S/C36H61N3O26/c1-9(45)37-17-23(51)28(14(6-42)57-32(17)56)62-34-19(39-11(3)47)24(52)29(15(7-43)60-34)63-36-27(55)31(65-35-26(54)25(53)21(49)13(5-41)59-35)30(16(8-44)61-36)64-33-18(38-10(2)46)22(50)20(48)12(4-40)58-33/h12-36,40-44,48-56H,4-8H2,1-3H3,(H,37,45)(H,38,46)(H,39,47)/t12-,13-,14-,15-,16-,17-,18-,19-,20-,21-,22-,23-,24-,25+,26+,27+,28-,29-,30-,31-,32-,33+,34+,35-,36+/m1/s1. The fourth-order valence-corrected chi connectivity index (χ4v) is 8.24. The lowest BCUT2D eigenvalue weighted by atomic mass is 9.93. The molecule has 376 valence electrons. The highest BCUT2D eigenvalue weighted by Crippen LogP contribution is 2.37.